The molecule has 1 aromatic heterocycles. The molecule has 0 atom stereocenters. The molecule has 1 N–H and O–H groups in total. The zero-order valence-corrected chi connectivity index (χ0v) is 20.6. The minimum atomic E-state index is -0.500. The van der Waals surface area contributed by atoms with Crippen molar-refractivity contribution in [1.29, 1.82) is 0 Å². The van der Waals surface area contributed by atoms with Crippen LogP contribution < -0.4 is 5.32 Å². The van der Waals surface area contributed by atoms with Crippen LogP contribution in [-0.4, -0.2) is 40.3 Å². The van der Waals surface area contributed by atoms with Gasteiger partial charge in [0.2, 0.25) is 0 Å². The van der Waals surface area contributed by atoms with Gasteiger partial charge < -0.3 is 10.2 Å². The molecule has 1 aliphatic rings. The second-order valence-electron chi connectivity index (χ2n) is 9.59. The molecule has 5 nitrogen and oxygen atoms in total. The van der Waals surface area contributed by atoms with Gasteiger partial charge in [-0.05, 0) is 69.4 Å². The topological polar surface area (TPSA) is 62.3 Å². The number of amides is 2. The van der Waals surface area contributed by atoms with E-state index in [0.717, 1.165) is 34.5 Å². The van der Waals surface area contributed by atoms with E-state index in [1.165, 1.54) is 23.5 Å². The van der Waals surface area contributed by atoms with Gasteiger partial charge in [0.15, 0.2) is 0 Å². The van der Waals surface area contributed by atoms with Gasteiger partial charge in [-0.2, -0.15) is 0 Å². The molecule has 1 aliphatic heterocycles. The fourth-order valence-corrected chi connectivity index (χ4v) is 5.39. The summed E-state index contributed by atoms with van der Waals surface area (Å²) in [5.74, 6) is -0.147. The Morgan fingerprint density at radius 2 is 1.79 bits per heavy atom. The standard InChI is InChI=1S/C27H30FN3O2S/c1-18-6-4-5-7-22(18)26(33)31-14-12-20(13-15-31)25-29-23(17-34-25)24(32)30-27(2,3)16-19-8-10-21(28)11-9-19/h4-11,17,20H,12-16H2,1-3H3,(H,30,32). The molecule has 178 valence electrons. The van der Waals surface area contributed by atoms with Gasteiger partial charge in [-0.15, -0.1) is 11.3 Å². The minimum absolute atomic E-state index is 0.0825. The number of piperidine rings is 1. The van der Waals surface area contributed by atoms with Crippen LogP contribution in [0.2, 0.25) is 0 Å². The lowest BCUT2D eigenvalue weighted by Crippen LogP contribution is -2.45. The van der Waals surface area contributed by atoms with Crippen LogP contribution in [0.1, 0.15) is 69.6 Å². The molecule has 34 heavy (non-hydrogen) atoms. The summed E-state index contributed by atoms with van der Waals surface area (Å²) >= 11 is 1.51. The Morgan fingerprint density at radius 3 is 2.47 bits per heavy atom. The normalized spacial score (nSPS) is 14.8. The van der Waals surface area contributed by atoms with E-state index in [4.69, 9.17) is 0 Å². The van der Waals surface area contributed by atoms with Gasteiger partial charge in [-0.25, -0.2) is 9.37 Å². The number of benzene rings is 2. The third-order valence-corrected chi connectivity index (χ3v) is 7.28. The molecular weight excluding hydrogens is 449 g/mol. The fourth-order valence-electron chi connectivity index (χ4n) is 4.42. The average Bonchev–Trinajstić information content (AvgIpc) is 3.31. The molecule has 2 heterocycles. The molecule has 2 aromatic carbocycles. The number of thiazole rings is 1. The predicted molar refractivity (Wildman–Crippen MR) is 133 cm³/mol. The first-order chi connectivity index (χ1) is 16.2. The number of hydrogen-bond donors (Lipinski definition) is 1. The van der Waals surface area contributed by atoms with Crippen molar-refractivity contribution in [2.24, 2.45) is 0 Å². The van der Waals surface area contributed by atoms with Gasteiger partial charge in [-0.3, -0.25) is 9.59 Å². The maximum Gasteiger partial charge on any atom is 0.271 e. The Balaban J connectivity index is 1.33. The van der Waals surface area contributed by atoms with Crippen molar-refractivity contribution in [2.45, 2.75) is 51.5 Å². The first-order valence-corrected chi connectivity index (χ1v) is 12.5. The highest BCUT2D eigenvalue weighted by molar-refractivity contribution is 7.09. The van der Waals surface area contributed by atoms with Crippen molar-refractivity contribution in [3.05, 3.63) is 87.1 Å². The summed E-state index contributed by atoms with van der Waals surface area (Å²) < 4.78 is 13.2. The molecule has 3 aromatic rings. The maximum absolute atomic E-state index is 13.2. The molecule has 0 saturated carbocycles. The summed E-state index contributed by atoms with van der Waals surface area (Å²) in [5, 5.41) is 5.81. The average molecular weight is 480 g/mol. The van der Waals surface area contributed by atoms with Crippen molar-refractivity contribution in [3.63, 3.8) is 0 Å². The third kappa shape index (κ3) is 5.70. The van der Waals surface area contributed by atoms with Crippen molar-refractivity contribution in [2.75, 3.05) is 13.1 Å². The number of halogens is 1. The highest BCUT2D eigenvalue weighted by atomic mass is 32.1. The van der Waals surface area contributed by atoms with Crippen LogP contribution in [0.25, 0.3) is 0 Å². The number of hydrogen-bond acceptors (Lipinski definition) is 4. The van der Waals surface area contributed by atoms with E-state index in [0.29, 0.717) is 25.2 Å². The minimum Gasteiger partial charge on any atom is -0.345 e. The summed E-state index contributed by atoms with van der Waals surface area (Å²) in [7, 11) is 0. The molecular formula is C27H30FN3O2S. The van der Waals surface area contributed by atoms with Crippen LogP contribution in [0.3, 0.4) is 0 Å². The zero-order chi connectivity index (χ0) is 24.3. The summed E-state index contributed by atoms with van der Waals surface area (Å²) in [6, 6.07) is 14.0. The SMILES string of the molecule is Cc1ccccc1C(=O)N1CCC(c2nc(C(=O)NC(C)(C)Cc3ccc(F)cc3)cs2)CC1. The number of nitrogens with zero attached hydrogens (tertiary/aromatic N) is 2. The lowest BCUT2D eigenvalue weighted by Gasteiger charge is -2.31. The van der Waals surface area contributed by atoms with Gasteiger partial charge in [-0.1, -0.05) is 30.3 Å². The highest BCUT2D eigenvalue weighted by Gasteiger charge is 2.28. The number of carbonyl (C=O) groups is 2. The number of carbonyl (C=O) groups excluding carboxylic acids is 2. The fraction of sp³-hybridized carbons (Fsp3) is 0.370. The molecule has 0 radical (unpaired) electrons. The molecule has 1 saturated heterocycles. The third-order valence-electron chi connectivity index (χ3n) is 6.27. The quantitative estimate of drug-likeness (QED) is 0.518. The first-order valence-electron chi connectivity index (χ1n) is 11.6. The van der Waals surface area contributed by atoms with E-state index in [1.54, 1.807) is 12.1 Å². The highest BCUT2D eigenvalue weighted by Crippen LogP contribution is 2.31. The Morgan fingerprint density at radius 1 is 1.12 bits per heavy atom. The number of aromatic nitrogens is 1. The molecule has 0 unspecified atom stereocenters. The van der Waals surface area contributed by atoms with E-state index in [1.807, 2.05) is 55.3 Å². The van der Waals surface area contributed by atoms with E-state index in [2.05, 4.69) is 10.3 Å². The van der Waals surface area contributed by atoms with Gasteiger partial charge in [0.1, 0.15) is 11.5 Å². The molecule has 1 fully saturated rings. The van der Waals surface area contributed by atoms with Crippen LogP contribution in [0, 0.1) is 12.7 Å². The number of likely N-dealkylation sites (tertiary alicyclic amines) is 1. The van der Waals surface area contributed by atoms with E-state index in [-0.39, 0.29) is 23.5 Å². The van der Waals surface area contributed by atoms with Gasteiger partial charge >= 0.3 is 0 Å². The Labute approximate surface area is 204 Å². The van der Waals surface area contributed by atoms with Crippen molar-refractivity contribution in [3.8, 4) is 0 Å². The first kappa shape index (κ1) is 24.1. The molecule has 0 aliphatic carbocycles. The van der Waals surface area contributed by atoms with Crippen molar-refractivity contribution < 1.29 is 14.0 Å². The van der Waals surface area contributed by atoms with E-state index < -0.39 is 5.54 Å². The summed E-state index contributed by atoms with van der Waals surface area (Å²) in [6.07, 6.45) is 2.26. The number of rotatable bonds is 6. The zero-order valence-electron chi connectivity index (χ0n) is 19.8. The Hall–Kier alpha value is -3.06. The smallest absolute Gasteiger partial charge is 0.271 e. The molecule has 4 rings (SSSR count). The van der Waals surface area contributed by atoms with E-state index >= 15 is 0 Å². The number of aryl methyl sites for hydroxylation is 1. The van der Waals surface area contributed by atoms with Crippen molar-refractivity contribution in [1.82, 2.24) is 15.2 Å². The van der Waals surface area contributed by atoms with Crippen molar-refractivity contribution >= 4 is 23.2 Å². The van der Waals surface area contributed by atoms with Crippen LogP contribution >= 0.6 is 11.3 Å². The molecule has 2 amide bonds. The summed E-state index contributed by atoms with van der Waals surface area (Å²) in [5.41, 5.74) is 2.63. The lowest BCUT2D eigenvalue weighted by atomic mass is 9.94. The summed E-state index contributed by atoms with van der Waals surface area (Å²) in [6.45, 7) is 7.22. The number of nitrogens with one attached hydrogen (secondary N) is 1. The lowest BCUT2D eigenvalue weighted by molar-refractivity contribution is 0.0712. The van der Waals surface area contributed by atoms with Crippen LogP contribution in [0.5, 0.6) is 0 Å². The van der Waals surface area contributed by atoms with E-state index in [9.17, 15) is 14.0 Å². The largest absolute Gasteiger partial charge is 0.345 e. The second kappa shape index (κ2) is 10.1. The second-order valence-corrected chi connectivity index (χ2v) is 10.5. The molecule has 0 spiro atoms. The van der Waals surface area contributed by atoms with Gasteiger partial charge in [0.05, 0.1) is 5.01 Å². The molecule has 7 heteroatoms. The van der Waals surface area contributed by atoms with Crippen LogP contribution in [0.15, 0.2) is 53.9 Å². The predicted octanol–water partition coefficient (Wildman–Crippen LogP) is 5.36. The monoisotopic (exact) mass is 479 g/mol. The van der Waals surface area contributed by atoms with Crippen LogP contribution in [0.4, 0.5) is 4.39 Å². The maximum atomic E-state index is 13.2. The molecule has 0 bridgehead atoms. The Kier molecular flexibility index (Phi) is 7.12. The summed E-state index contributed by atoms with van der Waals surface area (Å²) in [4.78, 5) is 32.3. The van der Waals surface area contributed by atoms with Crippen LogP contribution in [-0.2, 0) is 6.42 Å². The Bertz CT molecular complexity index is 1160. The van der Waals surface area contributed by atoms with Gasteiger partial charge in [0, 0.05) is 35.5 Å². The van der Waals surface area contributed by atoms with Gasteiger partial charge in [0.25, 0.3) is 11.8 Å².